The lowest BCUT2D eigenvalue weighted by molar-refractivity contribution is -0.134. The van der Waals surface area contributed by atoms with Crippen LogP contribution in [0.5, 0.6) is 0 Å². The highest BCUT2D eigenvalue weighted by Crippen LogP contribution is 2.64. The second kappa shape index (κ2) is 12.0. The number of benzene rings is 4. The van der Waals surface area contributed by atoms with Crippen LogP contribution in [0.3, 0.4) is 0 Å². The predicted octanol–water partition coefficient (Wildman–Crippen LogP) is 5.27. The highest BCUT2D eigenvalue weighted by atomic mass is 32.2. The molecule has 0 bridgehead atoms. The number of hydrogen-bond donors (Lipinski definition) is 1. The Hall–Kier alpha value is -3.37. The van der Waals surface area contributed by atoms with E-state index in [4.69, 9.17) is 4.74 Å². The first kappa shape index (κ1) is 25.7. The van der Waals surface area contributed by atoms with Crippen molar-refractivity contribution >= 4 is 41.1 Å². The smallest absolute Gasteiger partial charge is 0.333 e. The van der Waals surface area contributed by atoms with Crippen LogP contribution in [0.15, 0.2) is 132 Å². The zero-order valence-electron chi connectivity index (χ0n) is 20.3. The highest BCUT2D eigenvalue weighted by Gasteiger charge is 2.55. The van der Waals surface area contributed by atoms with Gasteiger partial charge >= 0.3 is 5.97 Å². The van der Waals surface area contributed by atoms with Crippen molar-refractivity contribution in [1.82, 2.24) is 4.67 Å². The number of methoxy groups -OCH3 is 1. The third-order valence-electron chi connectivity index (χ3n) is 5.92. The second-order valence-corrected chi connectivity index (χ2v) is 12.1. The van der Waals surface area contributed by atoms with Crippen molar-refractivity contribution in [3.63, 3.8) is 0 Å². The van der Waals surface area contributed by atoms with Crippen LogP contribution in [0.1, 0.15) is 11.8 Å². The molecule has 0 fully saturated rings. The Labute approximate surface area is 217 Å². The zero-order valence-corrected chi connectivity index (χ0v) is 22.0. The SMILES string of the molecule is COC(=O)/C=C(\SC)N(C(O)c1ccccc1)[P+](c1ccccc1)(c1ccccc1)c1ccccc1. The summed E-state index contributed by atoms with van der Waals surface area (Å²) < 4.78 is 7.06. The van der Waals surface area contributed by atoms with Crippen LogP contribution in [0, 0.1) is 0 Å². The topological polar surface area (TPSA) is 49.8 Å². The van der Waals surface area contributed by atoms with Crippen LogP contribution in [-0.4, -0.2) is 29.1 Å². The normalized spacial score (nSPS) is 12.6. The van der Waals surface area contributed by atoms with Crippen LogP contribution in [0.25, 0.3) is 0 Å². The molecule has 1 N–H and O–H groups in total. The Bertz CT molecular complexity index is 1190. The maximum absolute atomic E-state index is 12.6. The van der Waals surface area contributed by atoms with Gasteiger partial charge in [0.1, 0.15) is 20.9 Å². The predicted molar refractivity (Wildman–Crippen MR) is 152 cm³/mol. The monoisotopic (exact) mass is 514 g/mol. The summed E-state index contributed by atoms with van der Waals surface area (Å²) in [6.45, 7) is 0. The number of esters is 1. The molecule has 4 rings (SSSR count). The summed E-state index contributed by atoms with van der Waals surface area (Å²) in [5.41, 5.74) is 0.731. The molecule has 0 radical (unpaired) electrons. The van der Waals surface area contributed by atoms with Crippen LogP contribution in [-0.2, 0) is 9.53 Å². The molecule has 182 valence electrons. The van der Waals surface area contributed by atoms with Gasteiger partial charge in [0.25, 0.3) is 0 Å². The number of aliphatic hydroxyl groups is 1. The largest absolute Gasteiger partial charge is 0.466 e. The van der Waals surface area contributed by atoms with Crippen molar-refractivity contribution < 1.29 is 14.6 Å². The molecule has 4 aromatic carbocycles. The maximum atomic E-state index is 12.6. The quantitative estimate of drug-likeness (QED) is 0.143. The van der Waals surface area contributed by atoms with Crippen LogP contribution >= 0.6 is 19.2 Å². The van der Waals surface area contributed by atoms with E-state index in [-0.39, 0.29) is 0 Å². The summed E-state index contributed by atoms with van der Waals surface area (Å²) in [6.07, 6.45) is 2.35. The average molecular weight is 515 g/mol. The van der Waals surface area contributed by atoms with Gasteiger partial charge < -0.3 is 9.84 Å². The minimum Gasteiger partial charge on any atom is -0.466 e. The molecule has 6 heteroatoms. The molecular formula is C30H29NO3PS+. The van der Waals surface area contributed by atoms with Crippen molar-refractivity contribution in [2.45, 2.75) is 6.23 Å². The molecule has 0 saturated carbocycles. The molecule has 0 saturated heterocycles. The number of carbonyl (C=O) groups is 1. The first-order valence-corrected chi connectivity index (χ1v) is 14.5. The third kappa shape index (κ3) is 5.10. The van der Waals surface area contributed by atoms with Gasteiger partial charge in [-0.1, -0.05) is 84.9 Å². The molecule has 0 heterocycles. The number of thioether (sulfide) groups is 1. The van der Waals surface area contributed by atoms with Crippen LogP contribution in [0.2, 0.25) is 0 Å². The molecule has 4 nitrogen and oxygen atoms in total. The van der Waals surface area contributed by atoms with Gasteiger partial charge in [0.15, 0.2) is 6.23 Å². The minimum absolute atomic E-state index is 0.475. The lowest BCUT2D eigenvalue weighted by Crippen LogP contribution is -2.44. The molecule has 4 aromatic rings. The Morgan fingerprint density at radius 1 is 0.778 bits per heavy atom. The summed E-state index contributed by atoms with van der Waals surface area (Å²) in [5.74, 6) is -0.475. The standard InChI is InChI=1S/C30H29NO3PS/c1-34-29(32)23-28(36-2)31(30(33)24-15-7-3-8-16-24)35(25-17-9-4-10-18-25,26-19-11-5-12-20-26)27-21-13-6-14-22-27/h3-23,30,33H,1-2H3/q+1/b28-23-. The summed E-state index contributed by atoms with van der Waals surface area (Å²) in [5, 5.41) is 15.9. The fourth-order valence-corrected chi connectivity index (χ4v) is 9.71. The van der Waals surface area contributed by atoms with E-state index in [0.29, 0.717) is 5.03 Å². The van der Waals surface area contributed by atoms with Crippen molar-refractivity contribution in [3.8, 4) is 0 Å². The molecule has 0 aromatic heterocycles. The molecule has 36 heavy (non-hydrogen) atoms. The Morgan fingerprint density at radius 3 is 1.53 bits per heavy atom. The number of hydrogen-bond acceptors (Lipinski definition) is 5. The van der Waals surface area contributed by atoms with E-state index in [1.165, 1.54) is 24.9 Å². The van der Waals surface area contributed by atoms with Gasteiger partial charge in [0, 0.05) is 5.56 Å². The van der Waals surface area contributed by atoms with Gasteiger partial charge in [-0.3, -0.25) is 0 Å². The average Bonchev–Trinajstić information content (AvgIpc) is 2.96. The second-order valence-electron chi connectivity index (χ2n) is 7.98. The Morgan fingerprint density at radius 2 is 1.17 bits per heavy atom. The number of ether oxygens (including phenoxy) is 1. The van der Waals surface area contributed by atoms with Crippen molar-refractivity contribution in [2.75, 3.05) is 13.4 Å². The molecule has 0 aliphatic heterocycles. The molecule has 0 spiro atoms. The minimum atomic E-state index is -2.74. The van der Waals surface area contributed by atoms with Gasteiger partial charge in [-0.2, -0.15) is 4.67 Å². The molecule has 1 unspecified atom stereocenters. The summed E-state index contributed by atoms with van der Waals surface area (Å²) >= 11 is 1.41. The molecule has 1 atom stereocenters. The number of carbonyl (C=O) groups excluding carboxylic acids is 1. The van der Waals surface area contributed by atoms with E-state index in [0.717, 1.165) is 21.5 Å². The first-order chi connectivity index (χ1) is 17.6. The van der Waals surface area contributed by atoms with Crippen LogP contribution in [0.4, 0.5) is 0 Å². The fraction of sp³-hybridized carbons (Fsp3) is 0.100. The lowest BCUT2D eigenvalue weighted by atomic mass is 10.2. The van der Waals surface area contributed by atoms with Gasteiger partial charge in [-0.05, 0) is 42.7 Å². The van der Waals surface area contributed by atoms with E-state index in [2.05, 4.69) is 36.4 Å². The number of aliphatic hydroxyl groups excluding tert-OH is 1. The molecule has 0 aliphatic carbocycles. The van der Waals surface area contributed by atoms with Gasteiger partial charge in [0.2, 0.25) is 7.41 Å². The Balaban J connectivity index is 2.15. The first-order valence-electron chi connectivity index (χ1n) is 11.5. The van der Waals surface area contributed by atoms with Gasteiger partial charge in [-0.25, -0.2) is 4.79 Å². The highest BCUT2D eigenvalue weighted by molar-refractivity contribution is 8.03. The molecule has 0 aliphatic rings. The number of nitrogens with zero attached hydrogens (tertiary/aromatic N) is 1. The number of rotatable bonds is 9. The lowest BCUT2D eigenvalue weighted by Gasteiger charge is -2.41. The molecular weight excluding hydrogens is 485 g/mol. The van der Waals surface area contributed by atoms with E-state index in [1.807, 2.05) is 95.9 Å². The van der Waals surface area contributed by atoms with Gasteiger partial charge in [0.05, 0.1) is 13.2 Å². The van der Waals surface area contributed by atoms with Gasteiger partial charge in [-0.15, -0.1) is 11.8 Å². The van der Waals surface area contributed by atoms with E-state index >= 15 is 0 Å². The molecule has 0 amide bonds. The maximum Gasteiger partial charge on any atom is 0.333 e. The fourth-order valence-electron chi connectivity index (χ4n) is 4.33. The zero-order chi connectivity index (χ0) is 25.4. The third-order valence-corrected chi connectivity index (χ3v) is 11.0. The summed E-state index contributed by atoms with van der Waals surface area (Å²) in [6, 6.07) is 40.3. The van der Waals surface area contributed by atoms with Crippen molar-refractivity contribution in [1.29, 1.82) is 0 Å². The summed E-state index contributed by atoms with van der Waals surface area (Å²) in [4.78, 5) is 12.6. The van der Waals surface area contributed by atoms with E-state index in [9.17, 15) is 9.90 Å². The van der Waals surface area contributed by atoms with E-state index < -0.39 is 19.6 Å². The van der Waals surface area contributed by atoms with Crippen LogP contribution < -0.4 is 15.9 Å². The van der Waals surface area contributed by atoms with E-state index in [1.54, 1.807) is 0 Å². The summed E-state index contributed by atoms with van der Waals surface area (Å²) in [7, 11) is -1.37. The van der Waals surface area contributed by atoms with Crippen molar-refractivity contribution in [2.24, 2.45) is 0 Å². The Kier molecular flexibility index (Phi) is 8.61. The van der Waals surface area contributed by atoms with Crippen molar-refractivity contribution in [3.05, 3.63) is 138 Å².